The fraction of sp³-hybridized carbons (Fsp3) is 0.333. The van der Waals surface area contributed by atoms with Gasteiger partial charge in [0.1, 0.15) is 5.75 Å². The summed E-state index contributed by atoms with van der Waals surface area (Å²) in [5.41, 5.74) is 1.84. The highest BCUT2D eigenvalue weighted by molar-refractivity contribution is 5.98. The van der Waals surface area contributed by atoms with Crippen LogP contribution in [0.15, 0.2) is 53.6 Å². The van der Waals surface area contributed by atoms with Gasteiger partial charge in [-0.15, -0.1) is 0 Å². The normalized spacial score (nSPS) is 15.8. The lowest BCUT2D eigenvalue weighted by atomic mass is 10.1. The molecule has 33 heavy (non-hydrogen) atoms. The van der Waals surface area contributed by atoms with Crippen molar-refractivity contribution in [2.24, 2.45) is 5.92 Å². The average molecular weight is 450 g/mol. The van der Waals surface area contributed by atoms with Crippen LogP contribution in [-0.2, 0) is 27.3 Å². The van der Waals surface area contributed by atoms with Gasteiger partial charge in [0.05, 0.1) is 36.3 Å². The molecule has 1 aliphatic heterocycles. The van der Waals surface area contributed by atoms with Crippen LogP contribution < -0.4 is 10.9 Å². The lowest BCUT2D eigenvalue weighted by Crippen LogP contribution is -2.30. The molecule has 1 aliphatic rings. The Bertz CT molecular complexity index is 1220. The van der Waals surface area contributed by atoms with Gasteiger partial charge in [-0.05, 0) is 42.3 Å². The molecular weight excluding hydrogens is 424 g/mol. The maximum absolute atomic E-state index is 12.8. The number of anilines is 1. The molecule has 0 bridgehead atoms. The Morgan fingerprint density at radius 1 is 1.18 bits per heavy atom. The van der Waals surface area contributed by atoms with Crippen molar-refractivity contribution in [2.45, 2.75) is 19.4 Å². The molecule has 0 saturated carbocycles. The summed E-state index contributed by atoms with van der Waals surface area (Å²) in [4.78, 5) is 43.9. The van der Waals surface area contributed by atoms with E-state index in [2.05, 4.69) is 10.3 Å². The minimum atomic E-state index is -0.458. The molecule has 1 atom stereocenters. The van der Waals surface area contributed by atoms with E-state index >= 15 is 0 Å². The third-order valence-corrected chi connectivity index (χ3v) is 5.82. The van der Waals surface area contributed by atoms with Gasteiger partial charge in [-0.3, -0.25) is 19.0 Å². The first-order valence-electron chi connectivity index (χ1n) is 10.8. The van der Waals surface area contributed by atoms with Gasteiger partial charge in [-0.2, -0.15) is 0 Å². The largest absolute Gasteiger partial charge is 0.508 e. The van der Waals surface area contributed by atoms with Gasteiger partial charge >= 0.3 is 0 Å². The van der Waals surface area contributed by atoms with E-state index in [9.17, 15) is 19.5 Å². The van der Waals surface area contributed by atoms with E-state index in [0.29, 0.717) is 49.3 Å². The lowest BCUT2D eigenvalue weighted by Gasteiger charge is -2.16. The van der Waals surface area contributed by atoms with Crippen molar-refractivity contribution in [1.29, 1.82) is 0 Å². The fourth-order valence-corrected chi connectivity index (χ4v) is 3.92. The number of amides is 2. The maximum atomic E-state index is 12.8. The van der Waals surface area contributed by atoms with Crippen LogP contribution in [0.2, 0.25) is 0 Å². The third-order valence-electron chi connectivity index (χ3n) is 5.82. The topological polar surface area (TPSA) is 114 Å². The molecule has 1 fully saturated rings. The number of nitrogens with zero attached hydrogens (tertiary/aromatic N) is 3. The van der Waals surface area contributed by atoms with Gasteiger partial charge in [-0.25, -0.2) is 4.98 Å². The van der Waals surface area contributed by atoms with E-state index < -0.39 is 5.92 Å². The molecule has 2 amide bonds. The van der Waals surface area contributed by atoms with Crippen molar-refractivity contribution in [2.75, 3.05) is 32.1 Å². The van der Waals surface area contributed by atoms with Crippen LogP contribution in [0, 0.1) is 5.92 Å². The van der Waals surface area contributed by atoms with Crippen LogP contribution in [0.3, 0.4) is 0 Å². The van der Waals surface area contributed by atoms with Gasteiger partial charge in [0, 0.05) is 32.3 Å². The summed E-state index contributed by atoms with van der Waals surface area (Å²) >= 11 is 0. The second-order valence-electron chi connectivity index (χ2n) is 8.11. The first kappa shape index (κ1) is 22.5. The Balaban J connectivity index is 1.40. The Morgan fingerprint density at radius 3 is 2.73 bits per heavy atom. The van der Waals surface area contributed by atoms with Crippen molar-refractivity contribution >= 4 is 28.4 Å². The quantitative estimate of drug-likeness (QED) is 0.541. The number of nitrogens with one attached hydrogen (secondary N) is 1. The molecule has 2 aromatic carbocycles. The third kappa shape index (κ3) is 5.20. The number of phenols is 1. The molecule has 9 nitrogen and oxygen atoms in total. The minimum Gasteiger partial charge on any atom is -0.508 e. The Labute approximate surface area is 190 Å². The molecule has 0 spiro atoms. The van der Waals surface area contributed by atoms with Crippen LogP contribution >= 0.6 is 0 Å². The highest BCUT2D eigenvalue weighted by atomic mass is 16.5. The zero-order valence-corrected chi connectivity index (χ0v) is 18.4. The van der Waals surface area contributed by atoms with E-state index in [4.69, 9.17) is 4.74 Å². The van der Waals surface area contributed by atoms with Crippen LogP contribution in [0.4, 0.5) is 5.69 Å². The number of rotatable bonds is 8. The summed E-state index contributed by atoms with van der Waals surface area (Å²) in [6.07, 6.45) is 2.28. The summed E-state index contributed by atoms with van der Waals surface area (Å²) in [7, 11) is 1.56. The first-order chi connectivity index (χ1) is 15.9. The van der Waals surface area contributed by atoms with E-state index in [1.807, 2.05) is 12.1 Å². The monoisotopic (exact) mass is 450 g/mol. The summed E-state index contributed by atoms with van der Waals surface area (Å²) in [5.74, 6) is -0.567. The number of aromatic hydroxyl groups is 1. The summed E-state index contributed by atoms with van der Waals surface area (Å²) < 4.78 is 6.50. The molecule has 2 N–H and O–H groups in total. The molecule has 0 radical (unpaired) electrons. The van der Waals surface area contributed by atoms with Crippen molar-refractivity contribution in [3.05, 3.63) is 64.7 Å². The van der Waals surface area contributed by atoms with Crippen molar-refractivity contribution in [3.8, 4) is 5.75 Å². The summed E-state index contributed by atoms with van der Waals surface area (Å²) in [5, 5.41) is 12.6. The highest BCUT2D eigenvalue weighted by Crippen LogP contribution is 2.22. The van der Waals surface area contributed by atoms with Crippen LogP contribution in [-0.4, -0.2) is 58.2 Å². The number of phenolic OH excluding ortho intramolecular Hbond substituents is 1. The Morgan fingerprint density at radius 2 is 1.97 bits per heavy atom. The Kier molecular flexibility index (Phi) is 6.69. The number of carbonyl (C=O) groups excluding carboxylic acids is 2. The molecule has 4 rings (SSSR count). The standard InChI is InChI=1S/C24H26N4O5/c1-33-11-10-28-15-25-21-7-4-18(13-20(21)24(28)32)26-23(31)17-12-22(30)27(14-17)9-8-16-2-5-19(29)6-3-16/h2-7,13,15,17,29H,8-12,14H2,1H3,(H,26,31). The van der Waals surface area contributed by atoms with E-state index in [1.165, 1.54) is 10.9 Å². The molecule has 2 heterocycles. The van der Waals surface area contributed by atoms with E-state index in [-0.39, 0.29) is 29.5 Å². The van der Waals surface area contributed by atoms with Gasteiger partial charge in [0.2, 0.25) is 11.8 Å². The van der Waals surface area contributed by atoms with Crippen LogP contribution in [0.1, 0.15) is 12.0 Å². The van der Waals surface area contributed by atoms with Crippen molar-refractivity contribution in [1.82, 2.24) is 14.5 Å². The van der Waals surface area contributed by atoms with Gasteiger partial charge in [0.25, 0.3) is 5.56 Å². The van der Waals surface area contributed by atoms with E-state index in [0.717, 1.165) is 5.56 Å². The van der Waals surface area contributed by atoms with Gasteiger partial charge < -0.3 is 20.1 Å². The zero-order valence-electron chi connectivity index (χ0n) is 18.4. The van der Waals surface area contributed by atoms with Gasteiger partial charge in [-0.1, -0.05) is 12.1 Å². The number of ether oxygens (including phenoxy) is 1. The summed E-state index contributed by atoms with van der Waals surface area (Å²) in [6.45, 7) is 1.64. The summed E-state index contributed by atoms with van der Waals surface area (Å²) in [6, 6.07) is 11.9. The molecule has 9 heteroatoms. The molecule has 0 aliphatic carbocycles. The molecule has 3 aromatic rings. The smallest absolute Gasteiger partial charge is 0.261 e. The van der Waals surface area contributed by atoms with Crippen LogP contribution in [0.5, 0.6) is 5.75 Å². The average Bonchev–Trinajstić information content (AvgIpc) is 3.19. The number of likely N-dealkylation sites (tertiary alicyclic amines) is 1. The number of methoxy groups -OCH3 is 1. The molecule has 1 saturated heterocycles. The number of aromatic nitrogens is 2. The highest BCUT2D eigenvalue weighted by Gasteiger charge is 2.34. The SMILES string of the molecule is COCCn1cnc2ccc(NC(=O)C3CC(=O)N(CCc4ccc(O)cc4)C3)cc2c1=O. The predicted octanol–water partition coefficient (Wildman–Crippen LogP) is 1.78. The number of hydrogen-bond acceptors (Lipinski definition) is 6. The lowest BCUT2D eigenvalue weighted by molar-refractivity contribution is -0.128. The maximum Gasteiger partial charge on any atom is 0.261 e. The van der Waals surface area contributed by atoms with Crippen molar-refractivity contribution in [3.63, 3.8) is 0 Å². The Hall–Kier alpha value is -3.72. The molecular formula is C24H26N4O5. The second kappa shape index (κ2) is 9.83. The van der Waals surface area contributed by atoms with Crippen LogP contribution in [0.25, 0.3) is 10.9 Å². The minimum absolute atomic E-state index is 0.0577. The zero-order chi connectivity index (χ0) is 23.4. The molecule has 1 unspecified atom stereocenters. The molecule has 1 aromatic heterocycles. The van der Waals surface area contributed by atoms with Gasteiger partial charge in [0.15, 0.2) is 0 Å². The first-order valence-corrected chi connectivity index (χ1v) is 10.8. The second-order valence-corrected chi connectivity index (χ2v) is 8.11. The van der Waals surface area contributed by atoms with E-state index in [1.54, 1.807) is 42.3 Å². The molecule has 172 valence electrons. The number of benzene rings is 2. The predicted molar refractivity (Wildman–Crippen MR) is 123 cm³/mol. The number of hydrogen-bond donors (Lipinski definition) is 2. The fourth-order valence-electron chi connectivity index (χ4n) is 3.92. The number of fused-ring (bicyclic) bond motifs is 1. The number of carbonyl (C=O) groups is 2. The van der Waals surface area contributed by atoms with Crippen molar-refractivity contribution < 1.29 is 19.4 Å².